The maximum absolute atomic E-state index is 13.0. The van der Waals surface area contributed by atoms with E-state index in [2.05, 4.69) is 21.2 Å². The van der Waals surface area contributed by atoms with Crippen LogP contribution in [0.3, 0.4) is 0 Å². The zero-order valence-electron chi connectivity index (χ0n) is 10.6. The number of hydrogen-bond donors (Lipinski definition) is 1. The smallest absolute Gasteiger partial charge is 0.251 e. The molecule has 20 heavy (non-hydrogen) atoms. The van der Waals surface area contributed by atoms with Crippen LogP contribution in [-0.2, 0) is 0 Å². The van der Waals surface area contributed by atoms with Crippen LogP contribution in [0.4, 0.5) is 4.39 Å². The van der Waals surface area contributed by atoms with Gasteiger partial charge in [-0.15, -0.1) is 0 Å². The Morgan fingerprint density at radius 2 is 2.00 bits per heavy atom. The topological polar surface area (TPSA) is 38.3 Å². The second-order valence-electron chi connectivity index (χ2n) is 4.07. The molecule has 2 aromatic carbocycles. The monoisotopic (exact) mass is 337 g/mol. The van der Waals surface area contributed by atoms with Gasteiger partial charge in [0.2, 0.25) is 0 Å². The largest absolute Gasteiger partial charge is 0.492 e. The van der Waals surface area contributed by atoms with E-state index in [0.29, 0.717) is 18.7 Å². The molecule has 1 amide bonds. The van der Waals surface area contributed by atoms with Crippen molar-refractivity contribution in [2.24, 2.45) is 0 Å². The van der Waals surface area contributed by atoms with Gasteiger partial charge in [0, 0.05) is 10.0 Å². The predicted molar refractivity (Wildman–Crippen MR) is 78.4 cm³/mol. The first-order valence-corrected chi connectivity index (χ1v) is 6.86. The summed E-state index contributed by atoms with van der Waals surface area (Å²) in [5, 5.41) is 2.67. The summed E-state index contributed by atoms with van der Waals surface area (Å²) in [6.07, 6.45) is 0. The van der Waals surface area contributed by atoms with E-state index in [1.807, 2.05) is 24.3 Å². The van der Waals surface area contributed by atoms with Crippen LogP contribution in [-0.4, -0.2) is 19.1 Å². The summed E-state index contributed by atoms with van der Waals surface area (Å²) in [5.41, 5.74) is 0.299. The molecule has 0 aliphatic rings. The Kier molecular flexibility index (Phi) is 5.12. The van der Waals surface area contributed by atoms with Crippen LogP contribution in [0.25, 0.3) is 0 Å². The fraction of sp³-hybridized carbons (Fsp3) is 0.133. The van der Waals surface area contributed by atoms with Crippen molar-refractivity contribution in [3.05, 3.63) is 64.4 Å². The van der Waals surface area contributed by atoms with Gasteiger partial charge in [0.25, 0.3) is 5.91 Å². The molecule has 0 bridgehead atoms. The zero-order chi connectivity index (χ0) is 14.4. The van der Waals surface area contributed by atoms with E-state index >= 15 is 0 Å². The highest BCUT2D eigenvalue weighted by molar-refractivity contribution is 9.10. The molecule has 1 N–H and O–H groups in total. The van der Waals surface area contributed by atoms with Gasteiger partial charge in [-0.3, -0.25) is 4.79 Å². The van der Waals surface area contributed by atoms with Gasteiger partial charge in [0.05, 0.1) is 6.54 Å². The predicted octanol–water partition coefficient (Wildman–Crippen LogP) is 3.40. The number of ether oxygens (including phenoxy) is 1. The number of halogens is 2. The summed E-state index contributed by atoms with van der Waals surface area (Å²) in [6.45, 7) is 0.694. The third kappa shape index (κ3) is 4.35. The van der Waals surface area contributed by atoms with Gasteiger partial charge < -0.3 is 10.1 Å². The zero-order valence-corrected chi connectivity index (χ0v) is 12.2. The molecule has 0 unspecified atom stereocenters. The molecule has 0 aromatic heterocycles. The van der Waals surface area contributed by atoms with Crippen molar-refractivity contribution < 1.29 is 13.9 Å². The lowest BCUT2D eigenvalue weighted by atomic mass is 10.2. The van der Waals surface area contributed by atoms with E-state index in [-0.39, 0.29) is 5.91 Å². The van der Waals surface area contributed by atoms with Crippen molar-refractivity contribution in [2.45, 2.75) is 0 Å². The molecule has 0 heterocycles. The van der Waals surface area contributed by atoms with Gasteiger partial charge in [-0.05, 0) is 36.4 Å². The van der Waals surface area contributed by atoms with E-state index in [1.165, 1.54) is 18.2 Å². The highest BCUT2D eigenvalue weighted by Crippen LogP contribution is 2.17. The Hall–Kier alpha value is -1.88. The van der Waals surface area contributed by atoms with Crippen LogP contribution in [0, 0.1) is 5.82 Å². The molecular weight excluding hydrogens is 325 g/mol. The first-order chi connectivity index (χ1) is 9.65. The SMILES string of the molecule is O=C(NCCOc1cccc(Br)c1)c1cccc(F)c1. The lowest BCUT2D eigenvalue weighted by Gasteiger charge is -2.08. The highest BCUT2D eigenvalue weighted by Gasteiger charge is 2.05. The van der Waals surface area contributed by atoms with Crippen molar-refractivity contribution in [2.75, 3.05) is 13.2 Å². The molecule has 104 valence electrons. The highest BCUT2D eigenvalue weighted by atomic mass is 79.9. The van der Waals surface area contributed by atoms with Gasteiger partial charge in [-0.25, -0.2) is 4.39 Å². The number of carbonyl (C=O) groups excluding carboxylic acids is 1. The summed E-state index contributed by atoms with van der Waals surface area (Å²) in [7, 11) is 0. The Balaban J connectivity index is 1.77. The van der Waals surface area contributed by atoms with E-state index in [4.69, 9.17) is 4.74 Å². The Labute approximate surface area is 124 Å². The van der Waals surface area contributed by atoms with E-state index in [0.717, 1.165) is 10.2 Å². The van der Waals surface area contributed by atoms with Crippen molar-refractivity contribution in [1.82, 2.24) is 5.32 Å². The number of rotatable bonds is 5. The standard InChI is InChI=1S/C15H13BrFNO2/c16-12-4-2-6-14(10-12)20-8-7-18-15(19)11-3-1-5-13(17)9-11/h1-6,9-10H,7-8H2,(H,18,19). The average Bonchev–Trinajstić information content (AvgIpc) is 2.43. The van der Waals surface area contributed by atoms with Gasteiger partial charge in [0.15, 0.2) is 0 Å². The number of hydrogen-bond acceptors (Lipinski definition) is 2. The maximum atomic E-state index is 13.0. The van der Waals surface area contributed by atoms with Crippen LogP contribution in [0.2, 0.25) is 0 Å². The molecule has 0 atom stereocenters. The molecule has 3 nitrogen and oxygen atoms in total. The van der Waals surface area contributed by atoms with Crippen molar-refractivity contribution in [3.8, 4) is 5.75 Å². The van der Waals surface area contributed by atoms with Gasteiger partial charge in [0.1, 0.15) is 18.2 Å². The lowest BCUT2D eigenvalue weighted by Crippen LogP contribution is -2.28. The summed E-state index contributed by atoms with van der Waals surface area (Å²) in [4.78, 5) is 11.7. The van der Waals surface area contributed by atoms with Crippen LogP contribution < -0.4 is 10.1 Å². The summed E-state index contributed by atoms with van der Waals surface area (Å²) in [6, 6.07) is 13.0. The van der Waals surface area contributed by atoms with Gasteiger partial charge >= 0.3 is 0 Å². The lowest BCUT2D eigenvalue weighted by molar-refractivity contribution is 0.0946. The molecule has 0 aliphatic heterocycles. The minimum Gasteiger partial charge on any atom is -0.492 e. The van der Waals surface area contributed by atoms with Crippen LogP contribution >= 0.6 is 15.9 Å². The third-order valence-corrected chi connectivity index (χ3v) is 3.03. The number of benzene rings is 2. The van der Waals surface area contributed by atoms with E-state index < -0.39 is 5.82 Å². The Bertz CT molecular complexity index is 604. The summed E-state index contributed by atoms with van der Waals surface area (Å²) >= 11 is 3.35. The van der Waals surface area contributed by atoms with Gasteiger partial charge in [-0.1, -0.05) is 28.1 Å². The first-order valence-electron chi connectivity index (χ1n) is 6.07. The minimum absolute atomic E-state index is 0.299. The molecule has 2 rings (SSSR count). The number of amides is 1. The first kappa shape index (κ1) is 14.5. The molecule has 0 saturated heterocycles. The van der Waals surface area contributed by atoms with Crippen molar-refractivity contribution in [3.63, 3.8) is 0 Å². The number of carbonyl (C=O) groups is 1. The Morgan fingerprint density at radius 1 is 1.20 bits per heavy atom. The average molecular weight is 338 g/mol. The minimum atomic E-state index is -0.428. The quantitative estimate of drug-likeness (QED) is 0.849. The van der Waals surface area contributed by atoms with Crippen LogP contribution in [0.15, 0.2) is 53.0 Å². The van der Waals surface area contributed by atoms with E-state index in [1.54, 1.807) is 6.07 Å². The molecule has 0 radical (unpaired) electrons. The fourth-order valence-corrected chi connectivity index (χ4v) is 2.00. The van der Waals surface area contributed by atoms with Crippen LogP contribution in [0.1, 0.15) is 10.4 Å². The summed E-state index contributed by atoms with van der Waals surface area (Å²) < 4.78 is 19.4. The summed E-state index contributed by atoms with van der Waals surface area (Å²) in [5.74, 6) is -0.0234. The number of nitrogens with one attached hydrogen (secondary N) is 1. The molecule has 0 fully saturated rings. The molecular formula is C15H13BrFNO2. The fourth-order valence-electron chi connectivity index (χ4n) is 1.62. The third-order valence-electron chi connectivity index (χ3n) is 2.54. The molecule has 0 saturated carbocycles. The second kappa shape index (κ2) is 7.05. The van der Waals surface area contributed by atoms with E-state index in [9.17, 15) is 9.18 Å². The molecule has 2 aromatic rings. The normalized spacial score (nSPS) is 10.1. The maximum Gasteiger partial charge on any atom is 0.251 e. The molecule has 0 spiro atoms. The van der Waals surface area contributed by atoms with Crippen LogP contribution in [0.5, 0.6) is 5.75 Å². The van der Waals surface area contributed by atoms with Crippen molar-refractivity contribution in [1.29, 1.82) is 0 Å². The molecule has 0 aliphatic carbocycles. The molecule has 5 heteroatoms. The Morgan fingerprint density at radius 3 is 2.75 bits per heavy atom. The van der Waals surface area contributed by atoms with Crippen molar-refractivity contribution >= 4 is 21.8 Å². The van der Waals surface area contributed by atoms with Gasteiger partial charge in [-0.2, -0.15) is 0 Å². The second-order valence-corrected chi connectivity index (χ2v) is 4.99.